The maximum atomic E-state index is 12.7. The van der Waals surface area contributed by atoms with Crippen LogP contribution in [0.15, 0.2) is 51.0 Å². The van der Waals surface area contributed by atoms with Gasteiger partial charge in [-0.1, -0.05) is 18.2 Å². The number of amides is 1. The second-order valence-electron chi connectivity index (χ2n) is 5.31. The van der Waals surface area contributed by atoms with Crippen LogP contribution in [0.2, 0.25) is 0 Å². The number of hydrogen-bond donors (Lipinski definition) is 0. The molecule has 0 spiro atoms. The van der Waals surface area contributed by atoms with E-state index in [9.17, 15) is 9.59 Å². The van der Waals surface area contributed by atoms with Crippen molar-refractivity contribution < 1.29 is 13.9 Å². The highest BCUT2D eigenvalue weighted by atomic mass is 32.1. The van der Waals surface area contributed by atoms with Crippen molar-refractivity contribution in [2.45, 2.75) is 13.1 Å². The van der Waals surface area contributed by atoms with E-state index in [1.54, 1.807) is 41.5 Å². The Kier molecular flexibility index (Phi) is 5.12. The Morgan fingerprint density at radius 3 is 2.88 bits per heavy atom. The lowest BCUT2D eigenvalue weighted by atomic mass is 10.3. The lowest BCUT2D eigenvalue weighted by molar-refractivity contribution is -0.133. The lowest BCUT2D eigenvalue weighted by Crippen LogP contribution is -2.37. The smallest absolute Gasteiger partial charge is 0.408 e. The highest BCUT2D eigenvalue weighted by Gasteiger charge is 2.18. The average Bonchev–Trinajstić information content (AvgIpc) is 3.20. The number of para-hydroxylation sites is 2. The van der Waals surface area contributed by atoms with Gasteiger partial charge < -0.3 is 14.1 Å². The van der Waals surface area contributed by atoms with Gasteiger partial charge in [-0.15, -0.1) is 11.3 Å². The second kappa shape index (κ2) is 7.46. The van der Waals surface area contributed by atoms with Gasteiger partial charge in [-0.2, -0.15) is 0 Å². The first-order valence-corrected chi connectivity index (χ1v) is 8.44. The molecule has 0 aliphatic heterocycles. The summed E-state index contributed by atoms with van der Waals surface area (Å²) in [5.41, 5.74) is 1.11. The van der Waals surface area contributed by atoms with Crippen molar-refractivity contribution in [2.24, 2.45) is 0 Å². The van der Waals surface area contributed by atoms with Crippen molar-refractivity contribution in [3.05, 3.63) is 57.2 Å². The van der Waals surface area contributed by atoms with Gasteiger partial charge in [0.05, 0.1) is 18.7 Å². The van der Waals surface area contributed by atoms with Crippen molar-refractivity contribution in [1.29, 1.82) is 0 Å². The van der Waals surface area contributed by atoms with Crippen LogP contribution in [-0.2, 0) is 22.6 Å². The van der Waals surface area contributed by atoms with E-state index in [0.717, 1.165) is 4.88 Å². The number of rotatable bonds is 7. The molecule has 0 N–H and O–H groups in total. The lowest BCUT2D eigenvalue weighted by Gasteiger charge is -2.21. The predicted octanol–water partition coefficient (Wildman–Crippen LogP) is 2.33. The van der Waals surface area contributed by atoms with Gasteiger partial charge in [0.1, 0.15) is 6.54 Å². The monoisotopic (exact) mass is 346 g/mol. The number of aromatic nitrogens is 1. The zero-order valence-corrected chi connectivity index (χ0v) is 14.1. The maximum absolute atomic E-state index is 12.7. The summed E-state index contributed by atoms with van der Waals surface area (Å²) in [4.78, 5) is 27.5. The first kappa shape index (κ1) is 16.5. The SMILES string of the molecule is COCCN(Cc1cccs1)C(=O)Cn1c(=O)oc2ccccc21. The summed E-state index contributed by atoms with van der Waals surface area (Å²) in [6, 6.07) is 11.0. The van der Waals surface area contributed by atoms with Crippen LogP contribution < -0.4 is 5.76 Å². The fourth-order valence-corrected chi connectivity index (χ4v) is 3.20. The van der Waals surface area contributed by atoms with Crippen LogP contribution in [-0.4, -0.2) is 35.6 Å². The summed E-state index contributed by atoms with van der Waals surface area (Å²) in [5, 5.41) is 1.97. The highest BCUT2D eigenvalue weighted by molar-refractivity contribution is 7.09. The molecule has 2 aromatic heterocycles. The first-order chi connectivity index (χ1) is 11.7. The summed E-state index contributed by atoms with van der Waals surface area (Å²) in [6.45, 7) is 1.37. The van der Waals surface area contributed by atoms with Gasteiger partial charge in [0, 0.05) is 18.5 Å². The molecule has 3 aromatic rings. The molecule has 0 saturated carbocycles. The van der Waals surface area contributed by atoms with Gasteiger partial charge >= 0.3 is 5.76 Å². The minimum Gasteiger partial charge on any atom is -0.408 e. The van der Waals surface area contributed by atoms with Crippen molar-refractivity contribution >= 4 is 28.3 Å². The molecule has 3 rings (SSSR count). The molecule has 7 heteroatoms. The molecule has 0 radical (unpaired) electrons. The largest absolute Gasteiger partial charge is 0.420 e. The number of fused-ring (bicyclic) bond motifs is 1. The highest BCUT2D eigenvalue weighted by Crippen LogP contribution is 2.14. The van der Waals surface area contributed by atoms with E-state index in [2.05, 4.69) is 0 Å². The van der Waals surface area contributed by atoms with Gasteiger partial charge in [0.2, 0.25) is 5.91 Å². The van der Waals surface area contributed by atoms with Gasteiger partial charge in [-0.25, -0.2) is 4.79 Å². The maximum Gasteiger partial charge on any atom is 0.420 e. The molecule has 126 valence electrons. The molecule has 24 heavy (non-hydrogen) atoms. The number of hydrogen-bond acceptors (Lipinski definition) is 5. The molecule has 6 nitrogen and oxygen atoms in total. The molecular weight excluding hydrogens is 328 g/mol. The molecule has 0 atom stereocenters. The molecule has 0 aliphatic rings. The molecule has 1 aromatic carbocycles. The molecule has 0 fully saturated rings. The fourth-order valence-electron chi connectivity index (χ4n) is 2.48. The third-order valence-corrected chi connectivity index (χ3v) is 4.57. The standard InChI is InChI=1S/C17H18N2O4S/c1-22-9-8-18(11-13-5-4-10-24-13)16(20)12-19-14-6-2-3-7-15(14)23-17(19)21/h2-7,10H,8-9,11-12H2,1H3. The van der Waals surface area contributed by atoms with Crippen molar-refractivity contribution in [3.8, 4) is 0 Å². The Balaban J connectivity index is 1.81. The number of nitrogens with zero attached hydrogens (tertiary/aromatic N) is 2. The number of ether oxygens (including phenoxy) is 1. The summed E-state index contributed by atoms with van der Waals surface area (Å²) < 4.78 is 11.6. The summed E-state index contributed by atoms with van der Waals surface area (Å²) in [5.74, 6) is -0.665. The van der Waals surface area contributed by atoms with E-state index in [-0.39, 0.29) is 12.5 Å². The van der Waals surface area contributed by atoms with E-state index in [1.165, 1.54) is 4.57 Å². The number of oxazole rings is 1. The van der Waals surface area contributed by atoms with Crippen LogP contribution in [0.25, 0.3) is 11.1 Å². The van der Waals surface area contributed by atoms with Gasteiger partial charge in [-0.3, -0.25) is 9.36 Å². The van der Waals surface area contributed by atoms with Crippen molar-refractivity contribution in [1.82, 2.24) is 9.47 Å². The molecule has 0 unspecified atom stereocenters. The number of carbonyl (C=O) groups is 1. The summed E-state index contributed by atoms with van der Waals surface area (Å²) >= 11 is 1.59. The number of carbonyl (C=O) groups excluding carboxylic acids is 1. The zero-order valence-electron chi connectivity index (χ0n) is 13.3. The van der Waals surface area contributed by atoms with E-state index in [1.807, 2.05) is 23.6 Å². The van der Waals surface area contributed by atoms with Crippen LogP contribution in [0.5, 0.6) is 0 Å². The minimum atomic E-state index is -0.521. The Hall–Kier alpha value is -2.38. The van der Waals surface area contributed by atoms with Crippen LogP contribution in [0.3, 0.4) is 0 Å². The Morgan fingerprint density at radius 2 is 2.12 bits per heavy atom. The summed E-state index contributed by atoms with van der Waals surface area (Å²) in [6.07, 6.45) is 0. The van der Waals surface area contributed by atoms with E-state index >= 15 is 0 Å². The third-order valence-electron chi connectivity index (χ3n) is 3.71. The van der Waals surface area contributed by atoms with E-state index in [0.29, 0.717) is 30.8 Å². The molecule has 0 aliphatic carbocycles. The molecule has 2 heterocycles. The average molecular weight is 346 g/mol. The molecular formula is C17H18N2O4S. The van der Waals surface area contributed by atoms with Crippen molar-refractivity contribution in [2.75, 3.05) is 20.3 Å². The Morgan fingerprint density at radius 1 is 1.29 bits per heavy atom. The number of methoxy groups -OCH3 is 1. The first-order valence-electron chi connectivity index (χ1n) is 7.56. The predicted molar refractivity (Wildman–Crippen MR) is 92.1 cm³/mol. The number of thiophene rings is 1. The Bertz CT molecular complexity index is 866. The second-order valence-corrected chi connectivity index (χ2v) is 6.34. The third kappa shape index (κ3) is 3.58. The van der Waals surface area contributed by atoms with Crippen molar-refractivity contribution in [3.63, 3.8) is 0 Å². The van der Waals surface area contributed by atoms with E-state index < -0.39 is 5.76 Å². The minimum absolute atomic E-state index is 0.0507. The van der Waals surface area contributed by atoms with Gasteiger partial charge in [0.15, 0.2) is 5.58 Å². The van der Waals surface area contributed by atoms with Gasteiger partial charge in [-0.05, 0) is 23.6 Å². The van der Waals surface area contributed by atoms with E-state index in [4.69, 9.17) is 9.15 Å². The number of benzene rings is 1. The molecule has 0 saturated heterocycles. The molecule has 0 bridgehead atoms. The van der Waals surface area contributed by atoms with Crippen LogP contribution in [0.1, 0.15) is 4.88 Å². The fraction of sp³-hybridized carbons (Fsp3) is 0.294. The van der Waals surface area contributed by atoms with Crippen LogP contribution in [0, 0.1) is 0 Å². The zero-order chi connectivity index (χ0) is 16.9. The van der Waals surface area contributed by atoms with Gasteiger partial charge in [0.25, 0.3) is 0 Å². The normalized spacial score (nSPS) is 11.0. The van der Waals surface area contributed by atoms with Crippen LogP contribution >= 0.6 is 11.3 Å². The summed E-state index contributed by atoms with van der Waals surface area (Å²) in [7, 11) is 1.60. The topological polar surface area (TPSA) is 64.7 Å². The molecule has 1 amide bonds. The Labute approximate surface area is 142 Å². The quantitative estimate of drug-likeness (QED) is 0.659. The van der Waals surface area contributed by atoms with Crippen LogP contribution in [0.4, 0.5) is 0 Å².